The molecule has 0 aliphatic heterocycles. The number of hydrogen-bond donors (Lipinski definition) is 1. The van der Waals surface area contributed by atoms with Crippen molar-refractivity contribution in [2.24, 2.45) is 0 Å². The molecule has 4 heteroatoms. The second-order valence-corrected chi connectivity index (χ2v) is 4.91. The third-order valence-electron chi connectivity index (χ3n) is 3.03. The average molecular weight is 260 g/mol. The van der Waals surface area contributed by atoms with Gasteiger partial charge in [-0.1, -0.05) is 48.3 Å². The molecule has 2 aromatic rings. The molecular formula is C15H20N2O2. The van der Waals surface area contributed by atoms with Crippen LogP contribution < -0.4 is 0 Å². The highest BCUT2D eigenvalue weighted by molar-refractivity contribution is 5.23. The quantitative estimate of drug-likeness (QED) is 0.867. The van der Waals surface area contributed by atoms with Crippen molar-refractivity contribution in [2.45, 2.75) is 45.6 Å². The molecule has 1 N–H and O–H groups in total. The Bertz CT molecular complexity index is 505. The lowest BCUT2D eigenvalue weighted by atomic mass is 10.1. The van der Waals surface area contributed by atoms with Crippen molar-refractivity contribution >= 4 is 0 Å². The van der Waals surface area contributed by atoms with Crippen molar-refractivity contribution in [1.29, 1.82) is 0 Å². The maximum Gasteiger partial charge on any atom is 0.229 e. The maximum absolute atomic E-state index is 9.70. The van der Waals surface area contributed by atoms with Gasteiger partial charge in [-0.25, -0.2) is 0 Å². The van der Waals surface area contributed by atoms with E-state index in [1.807, 2.05) is 6.92 Å². The molecule has 0 amide bonds. The molecule has 102 valence electrons. The predicted octanol–water partition coefficient (Wildman–Crippen LogP) is 2.67. The lowest BCUT2D eigenvalue weighted by molar-refractivity contribution is 0.151. The topological polar surface area (TPSA) is 59.2 Å². The summed E-state index contributed by atoms with van der Waals surface area (Å²) in [5, 5.41) is 13.7. The highest BCUT2D eigenvalue weighted by atomic mass is 16.5. The van der Waals surface area contributed by atoms with Gasteiger partial charge in [-0.15, -0.1) is 0 Å². The summed E-state index contributed by atoms with van der Waals surface area (Å²) in [6.45, 7) is 4.10. The standard InChI is InChI=1S/C15H20N2O2/c1-3-4-13(18)10-15-16-14(17-19-15)9-12-7-5-11(2)6-8-12/h5-8,13,18H,3-4,9-10H2,1-2H3. The summed E-state index contributed by atoms with van der Waals surface area (Å²) in [5.41, 5.74) is 2.40. The van der Waals surface area contributed by atoms with E-state index in [1.165, 1.54) is 5.56 Å². The Morgan fingerprint density at radius 3 is 2.68 bits per heavy atom. The van der Waals surface area contributed by atoms with Crippen molar-refractivity contribution in [2.75, 3.05) is 0 Å². The number of aryl methyl sites for hydroxylation is 1. The van der Waals surface area contributed by atoms with Gasteiger partial charge >= 0.3 is 0 Å². The highest BCUT2D eigenvalue weighted by Crippen LogP contribution is 2.10. The zero-order valence-corrected chi connectivity index (χ0v) is 11.5. The summed E-state index contributed by atoms with van der Waals surface area (Å²) in [7, 11) is 0. The molecule has 1 unspecified atom stereocenters. The summed E-state index contributed by atoms with van der Waals surface area (Å²) in [6.07, 6.45) is 2.42. The fourth-order valence-electron chi connectivity index (χ4n) is 1.97. The molecule has 0 bridgehead atoms. The molecule has 1 aromatic carbocycles. The van der Waals surface area contributed by atoms with Crippen molar-refractivity contribution < 1.29 is 9.63 Å². The van der Waals surface area contributed by atoms with Crippen molar-refractivity contribution in [3.05, 3.63) is 47.1 Å². The lowest BCUT2D eigenvalue weighted by Crippen LogP contribution is -2.09. The third-order valence-corrected chi connectivity index (χ3v) is 3.03. The zero-order valence-electron chi connectivity index (χ0n) is 11.5. The first-order chi connectivity index (χ1) is 9.17. The summed E-state index contributed by atoms with van der Waals surface area (Å²) in [6, 6.07) is 8.28. The van der Waals surface area contributed by atoms with Gasteiger partial charge in [0.1, 0.15) is 0 Å². The van der Waals surface area contributed by atoms with E-state index < -0.39 is 6.10 Å². The van der Waals surface area contributed by atoms with E-state index in [1.54, 1.807) is 0 Å². The SMILES string of the molecule is CCCC(O)Cc1nc(Cc2ccc(C)cc2)no1. The van der Waals surface area contributed by atoms with Crippen LogP contribution in [0.15, 0.2) is 28.8 Å². The molecule has 2 rings (SSSR count). The van der Waals surface area contributed by atoms with Gasteiger partial charge in [0.2, 0.25) is 5.89 Å². The second kappa shape index (κ2) is 6.48. The number of hydrogen-bond acceptors (Lipinski definition) is 4. The van der Waals surface area contributed by atoms with Crippen LogP contribution >= 0.6 is 0 Å². The van der Waals surface area contributed by atoms with Crippen LogP contribution in [0.1, 0.15) is 42.6 Å². The van der Waals surface area contributed by atoms with Crippen LogP contribution in [0.25, 0.3) is 0 Å². The predicted molar refractivity (Wildman–Crippen MR) is 72.9 cm³/mol. The molecule has 19 heavy (non-hydrogen) atoms. The average Bonchev–Trinajstić information content (AvgIpc) is 2.80. The van der Waals surface area contributed by atoms with Crippen LogP contribution in [0.5, 0.6) is 0 Å². The first kappa shape index (κ1) is 13.7. The molecule has 1 atom stereocenters. The normalized spacial score (nSPS) is 12.6. The molecule has 0 fully saturated rings. The van der Waals surface area contributed by atoms with E-state index in [0.29, 0.717) is 24.6 Å². The Labute approximate surface area is 113 Å². The molecule has 0 spiro atoms. The van der Waals surface area contributed by atoms with E-state index in [4.69, 9.17) is 4.52 Å². The minimum atomic E-state index is -0.391. The van der Waals surface area contributed by atoms with E-state index in [2.05, 4.69) is 41.3 Å². The van der Waals surface area contributed by atoms with Crippen molar-refractivity contribution in [1.82, 2.24) is 10.1 Å². The number of aliphatic hydroxyl groups excluding tert-OH is 1. The molecular weight excluding hydrogens is 240 g/mol. The minimum Gasteiger partial charge on any atom is -0.393 e. The van der Waals surface area contributed by atoms with E-state index in [0.717, 1.165) is 18.4 Å². The Hall–Kier alpha value is -1.68. The van der Waals surface area contributed by atoms with Crippen LogP contribution in [0.2, 0.25) is 0 Å². The van der Waals surface area contributed by atoms with Crippen LogP contribution in [-0.4, -0.2) is 21.4 Å². The van der Waals surface area contributed by atoms with Gasteiger partial charge in [0.25, 0.3) is 0 Å². The molecule has 0 aliphatic carbocycles. The van der Waals surface area contributed by atoms with Crippen LogP contribution in [0.4, 0.5) is 0 Å². The van der Waals surface area contributed by atoms with Gasteiger partial charge in [0.15, 0.2) is 5.82 Å². The minimum absolute atomic E-state index is 0.391. The fourth-order valence-corrected chi connectivity index (χ4v) is 1.97. The van der Waals surface area contributed by atoms with Crippen LogP contribution in [-0.2, 0) is 12.8 Å². The van der Waals surface area contributed by atoms with E-state index in [9.17, 15) is 5.11 Å². The van der Waals surface area contributed by atoms with Crippen LogP contribution in [0, 0.1) is 6.92 Å². The van der Waals surface area contributed by atoms with Gasteiger partial charge in [-0.2, -0.15) is 4.98 Å². The summed E-state index contributed by atoms with van der Waals surface area (Å²) in [5.74, 6) is 1.19. The monoisotopic (exact) mass is 260 g/mol. The second-order valence-electron chi connectivity index (χ2n) is 4.91. The number of benzene rings is 1. The number of nitrogens with zero attached hydrogens (tertiary/aromatic N) is 2. The summed E-state index contributed by atoms with van der Waals surface area (Å²) < 4.78 is 5.16. The lowest BCUT2D eigenvalue weighted by Gasteiger charge is -2.03. The zero-order chi connectivity index (χ0) is 13.7. The van der Waals surface area contributed by atoms with Crippen molar-refractivity contribution in [3.8, 4) is 0 Å². The first-order valence-corrected chi connectivity index (χ1v) is 6.72. The van der Waals surface area contributed by atoms with E-state index in [-0.39, 0.29) is 0 Å². The van der Waals surface area contributed by atoms with Gasteiger partial charge in [-0.05, 0) is 18.9 Å². The summed E-state index contributed by atoms with van der Waals surface area (Å²) >= 11 is 0. The molecule has 0 saturated heterocycles. The van der Waals surface area contributed by atoms with Gasteiger partial charge in [0, 0.05) is 6.42 Å². The van der Waals surface area contributed by atoms with E-state index >= 15 is 0 Å². The molecule has 1 aromatic heterocycles. The third kappa shape index (κ3) is 4.17. The number of aliphatic hydroxyl groups is 1. The largest absolute Gasteiger partial charge is 0.393 e. The van der Waals surface area contributed by atoms with Gasteiger partial charge in [0.05, 0.1) is 12.5 Å². The number of rotatable bonds is 6. The smallest absolute Gasteiger partial charge is 0.229 e. The molecule has 4 nitrogen and oxygen atoms in total. The van der Waals surface area contributed by atoms with Gasteiger partial charge in [-0.3, -0.25) is 0 Å². The van der Waals surface area contributed by atoms with Crippen molar-refractivity contribution in [3.63, 3.8) is 0 Å². The Morgan fingerprint density at radius 1 is 1.26 bits per heavy atom. The molecule has 0 saturated carbocycles. The Morgan fingerprint density at radius 2 is 2.00 bits per heavy atom. The fraction of sp³-hybridized carbons (Fsp3) is 0.467. The summed E-state index contributed by atoms with van der Waals surface area (Å²) in [4.78, 5) is 4.31. The number of aromatic nitrogens is 2. The van der Waals surface area contributed by atoms with Crippen LogP contribution in [0.3, 0.4) is 0 Å². The molecule has 0 radical (unpaired) electrons. The maximum atomic E-state index is 9.70. The Balaban J connectivity index is 1.95. The first-order valence-electron chi connectivity index (χ1n) is 6.72. The Kier molecular flexibility index (Phi) is 4.68. The molecule has 0 aliphatic rings. The molecule has 1 heterocycles. The highest BCUT2D eigenvalue weighted by Gasteiger charge is 2.11. The van der Waals surface area contributed by atoms with Gasteiger partial charge < -0.3 is 9.63 Å².